The number of rotatable bonds is 4. The standard InChI is InChI=1S/C19H20N2O2/c1-14-13-16-9-5-6-10-17(16)21(14)18(22)11-12-20-19(23)15-7-3-2-4-8-15/h2-10,14H,11-13H2,1H3,(H,20,23)/t14-/m0/s1. The smallest absolute Gasteiger partial charge is 0.251 e. The number of benzene rings is 2. The molecule has 4 nitrogen and oxygen atoms in total. The zero-order valence-corrected chi connectivity index (χ0v) is 13.2. The Balaban J connectivity index is 1.57. The first kappa shape index (κ1) is 15.3. The Kier molecular flexibility index (Phi) is 4.42. The van der Waals surface area contributed by atoms with Crippen LogP contribution < -0.4 is 10.2 Å². The molecule has 1 aliphatic heterocycles. The number of nitrogens with zero attached hydrogens (tertiary/aromatic N) is 1. The maximum atomic E-state index is 12.5. The van der Waals surface area contributed by atoms with E-state index in [-0.39, 0.29) is 17.9 Å². The lowest BCUT2D eigenvalue weighted by molar-refractivity contribution is -0.118. The number of hydrogen-bond donors (Lipinski definition) is 1. The highest BCUT2D eigenvalue weighted by atomic mass is 16.2. The lowest BCUT2D eigenvalue weighted by Crippen LogP contribution is -2.38. The van der Waals surface area contributed by atoms with Crippen molar-refractivity contribution in [2.75, 3.05) is 11.4 Å². The van der Waals surface area contributed by atoms with Crippen LogP contribution in [-0.2, 0) is 11.2 Å². The van der Waals surface area contributed by atoms with Crippen LogP contribution in [0.25, 0.3) is 0 Å². The van der Waals surface area contributed by atoms with E-state index in [0.29, 0.717) is 18.5 Å². The summed E-state index contributed by atoms with van der Waals surface area (Å²) in [6.07, 6.45) is 1.19. The van der Waals surface area contributed by atoms with Crippen LogP contribution in [-0.4, -0.2) is 24.4 Å². The molecule has 23 heavy (non-hydrogen) atoms. The van der Waals surface area contributed by atoms with E-state index in [1.54, 1.807) is 12.1 Å². The molecular formula is C19H20N2O2. The largest absolute Gasteiger partial charge is 0.352 e. The van der Waals surface area contributed by atoms with Crippen molar-refractivity contribution >= 4 is 17.5 Å². The van der Waals surface area contributed by atoms with Gasteiger partial charge in [-0.2, -0.15) is 0 Å². The van der Waals surface area contributed by atoms with Crippen LogP contribution in [0.15, 0.2) is 54.6 Å². The summed E-state index contributed by atoms with van der Waals surface area (Å²) in [6, 6.07) is 17.2. The fourth-order valence-electron chi connectivity index (χ4n) is 3.04. The van der Waals surface area contributed by atoms with Crippen molar-refractivity contribution in [3.05, 3.63) is 65.7 Å². The summed E-state index contributed by atoms with van der Waals surface area (Å²) in [6.45, 7) is 2.40. The molecule has 1 heterocycles. The van der Waals surface area contributed by atoms with E-state index in [4.69, 9.17) is 0 Å². The summed E-state index contributed by atoms with van der Waals surface area (Å²) < 4.78 is 0. The fraction of sp³-hybridized carbons (Fsp3) is 0.263. The molecule has 2 aromatic rings. The number of fused-ring (bicyclic) bond motifs is 1. The zero-order valence-electron chi connectivity index (χ0n) is 13.2. The molecule has 1 atom stereocenters. The van der Waals surface area contributed by atoms with Gasteiger partial charge in [-0.1, -0.05) is 36.4 Å². The number of anilines is 1. The highest BCUT2D eigenvalue weighted by Gasteiger charge is 2.29. The minimum atomic E-state index is -0.145. The van der Waals surface area contributed by atoms with Crippen molar-refractivity contribution < 1.29 is 9.59 Å². The van der Waals surface area contributed by atoms with Gasteiger partial charge in [0.2, 0.25) is 5.91 Å². The summed E-state index contributed by atoms with van der Waals surface area (Å²) in [5.74, 6) is -0.0934. The Bertz CT molecular complexity index is 712. The number of amides is 2. The van der Waals surface area contributed by atoms with Gasteiger partial charge in [-0.15, -0.1) is 0 Å². The molecule has 0 saturated carbocycles. The summed E-state index contributed by atoms with van der Waals surface area (Å²) in [5.41, 5.74) is 2.82. The molecule has 0 aliphatic carbocycles. The summed E-state index contributed by atoms with van der Waals surface area (Å²) in [7, 11) is 0. The minimum absolute atomic E-state index is 0.0517. The normalized spacial score (nSPS) is 16.0. The van der Waals surface area contributed by atoms with Gasteiger partial charge in [0.1, 0.15) is 0 Å². The Morgan fingerprint density at radius 3 is 2.57 bits per heavy atom. The Labute approximate surface area is 136 Å². The van der Waals surface area contributed by atoms with Gasteiger partial charge < -0.3 is 10.2 Å². The van der Waals surface area contributed by atoms with Gasteiger partial charge >= 0.3 is 0 Å². The summed E-state index contributed by atoms with van der Waals surface area (Å²) >= 11 is 0. The molecule has 0 spiro atoms. The van der Waals surface area contributed by atoms with E-state index in [9.17, 15) is 9.59 Å². The van der Waals surface area contributed by atoms with Crippen molar-refractivity contribution in [2.24, 2.45) is 0 Å². The van der Waals surface area contributed by atoms with Gasteiger partial charge in [0, 0.05) is 30.3 Å². The predicted octanol–water partition coefficient (Wildman–Crippen LogP) is 2.78. The molecule has 1 aliphatic rings. The Hall–Kier alpha value is -2.62. The average Bonchev–Trinajstić information content (AvgIpc) is 2.91. The summed E-state index contributed by atoms with van der Waals surface area (Å²) in [5, 5.41) is 2.81. The molecule has 118 valence electrons. The SMILES string of the molecule is C[C@H]1Cc2ccccc2N1C(=O)CCNC(=O)c1ccccc1. The third-order valence-corrected chi connectivity index (χ3v) is 4.14. The van der Waals surface area contributed by atoms with Gasteiger partial charge in [-0.3, -0.25) is 9.59 Å². The van der Waals surface area contributed by atoms with E-state index in [1.807, 2.05) is 41.3 Å². The molecule has 2 amide bonds. The fourth-order valence-corrected chi connectivity index (χ4v) is 3.04. The first-order valence-electron chi connectivity index (χ1n) is 7.90. The van der Waals surface area contributed by atoms with E-state index in [2.05, 4.69) is 18.3 Å². The van der Waals surface area contributed by atoms with E-state index in [0.717, 1.165) is 12.1 Å². The Morgan fingerprint density at radius 1 is 1.09 bits per heavy atom. The third-order valence-electron chi connectivity index (χ3n) is 4.14. The second-order valence-electron chi connectivity index (χ2n) is 5.82. The third kappa shape index (κ3) is 3.26. The van der Waals surface area contributed by atoms with E-state index in [1.165, 1.54) is 5.56 Å². The second kappa shape index (κ2) is 6.65. The van der Waals surface area contributed by atoms with Gasteiger partial charge in [-0.05, 0) is 37.1 Å². The quantitative estimate of drug-likeness (QED) is 0.944. The van der Waals surface area contributed by atoms with Gasteiger partial charge in [0.05, 0.1) is 0 Å². The first-order chi connectivity index (χ1) is 11.2. The molecule has 2 aromatic carbocycles. The molecule has 1 N–H and O–H groups in total. The molecule has 3 rings (SSSR count). The van der Waals surface area contributed by atoms with Crippen molar-refractivity contribution in [3.8, 4) is 0 Å². The van der Waals surface area contributed by atoms with Crippen LogP contribution in [0.3, 0.4) is 0 Å². The van der Waals surface area contributed by atoms with Crippen LogP contribution >= 0.6 is 0 Å². The van der Waals surface area contributed by atoms with Crippen LogP contribution in [0, 0.1) is 0 Å². The number of hydrogen-bond acceptors (Lipinski definition) is 2. The van der Waals surface area contributed by atoms with E-state index < -0.39 is 0 Å². The molecule has 0 unspecified atom stereocenters. The maximum absolute atomic E-state index is 12.5. The van der Waals surface area contributed by atoms with Crippen molar-refractivity contribution in [1.29, 1.82) is 0 Å². The lowest BCUT2D eigenvalue weighted by atomic mass is 10.1. The Morgan fingerprint density at radius 2 is 1.78 bits per heavy atom. The first-order valence-corrected chi connectivity index (χ1v) is 7.90. The van der Waals surface area contributed by atoms with Crippen LogP contribution in [0.2, 0.25) is 0 Å². The molecular weight excluding hydrogens is 288 g/mol. The van der Waals surface area contributed by atoms with Crippen molar-refractivity contribution in [1.82, 2.24) is 5.32 Å². The lowest BCUT2D eigenvalue weighted by Gasteiger charge is -2.22. The van der Waals surface area contributed by atoms with Crippen molar-refractivity contribution in [3.63, 3.8) is 0 Å². The van der Waals surface area contributed by atoms with Gasteiger partial charge in [0.15, 0.2) is 0 Å². The molecule has 4 heteroatoms. The van der Waals surface area contributed by atoms with Gasteiger partial charge in [-0.25, -0.2) is 0 Å². The van der Waals surface area contributed by atoms with Crippen LogP contribution in [0.5, 0.6) is 0 Å². The molecule has 0 aromatic heterocycles. The minimum Gasteiger partial charge on any atom is -0.352 e. The maximum Gasteiger partial charge on any atom is 0.251 e. The average molecular weight is 308 g/mol. The topological polar surface area (TPSA) is 49.4 Å². The van der Waals surface area contributed by atoms with Crippen molar-refractivity contribution in [2.45, 2.75) is 25.8 Å². The number of carbonyl (C=O) groups is 2. The molecule has 0 saturated heterocycles. The second-order valence-corrected chi connectivity index (χ2v) is 5.82. The van der Waals surface area contributed by atoms with Crippen LogP contribution in [0.4, 0.5) is 5.69 Å². The van der Waals surface area contributed by atoms with Gasteiger partial charge in [0.25, 0.3) is 5.91 Å². The highest BCUT2D eigenvalue weighted by Crippen LogP contribution is 2.32. The van der Waals surface area contributed by atoms with Crippen LogP contribution in [0.1, 0.15) is 29.3 Å². The number of para-hydroxylation sites is 1. The molecule has 0 bridgehead atoms. The van der Waals surface area contributed by atoms with E-state index >= 15 is 0 Å². The highest BCUT2D eigenvalue weighted by molar-refractivity contribution is 5.97. The number of nitrogens with one attached hydrogen (secondary N) is 1. The number of carbonyl (C=O) groups excluding carboxylic acids is 2. The monoisotopic (exact) mass is 308 g/mol. The predicted molar refractivity (Wildman–Crippen MR) is 90.5 cm³/mol. The molecule has 0 radical (unpaired) electrons. The summed E-state index contributed by atoms with van der Waals surface area (Å²) in [4.78, 5) is 26.3. The molecule has 0 fully saturated rings. The zero-order chi connectivity index (χ0) is 16.2.